The molecule has 2 aromatic rings. The van der Waals surface area contributed by atoms with Crippen molar-refractivity contribution in [3.8, 4) is 5.75 Å². The van der Waals surface area contributed by atoms with E-state index in [4.69, 9.17) is 9.84 Å². The van der Waals surface area contributed by atoms with E-state index in [-0.39, 0.29) is 30.9 Å². The Bertz CT molecular complexity index is 518. The Balaban J connectivity index is 2.09. The monoisotopic (exact) mass is 264 g/mol. The molecule has 19 heavy (non-hydrogen) atoms. The van der Waals surface area contributed by atoms with Gasteiger partial charge in [0.15, 0.2) is 0 Å². The summed E-state index contributed by atoms with van der Waals surface area (Å²) in [5.41, 5.74) is 0.803. The predicted molar refractivity (Wildman–Crippen MR) is 67.9 cm³/mol. The van der Waals surface area contributed by atoms with Crippen molar-refractivity contribution in [2.24, 2.45) is 0 Å². The second kappa shape index (κ2) is 6.29. The van der Waals surface area contributed by atoms with Gasteiger partial charge in [-0.1, -0.05) is 30.3 Å². The quantitative estimate of drug-likeness (QED) is 0.899. The zero-order chi connectivity index (χ0) is 13.7. The molecule has 0 aliphatic heterocycles. The Morgan fingerprint density at radius 1 is 1.00 bits per heavy atom. The summed E-state index contributed by atoms with van der Waals surface area (Å²) in [7, 11) is 0. The molecule has 0 unspecified atom stereocenters. The SMILES string of the molecule is OCCc1c(F)cc(OCc2ccccc2)cc1F. The van der Waals surface area contributed by atoms with Crippen molar-refractivity contribution in [3.05, 3.63) is 65.2 Å². The zero-order valence-corrected chi connectivity index (χ0v) is 10.3. The Hall–Kier alpha value is -1.94. The molecule has 100 valence electrons. The van der Waals surface area contributed by atoms with Crippen LogP contribution in [0.5, 0.6) is 5.75 Å². The molecular weight excluding hydrogens is 250 g/mol. The zero-order valence-electron chi connectivity index (χ0n) is 10.3. The smallest absolute Gasteiger partial charge is 0.133 e. The number of hydrogen-bond donors (Lipinski definition) is 1. The van der Waals surface area contributed by atoms with Crippen LogP contribution in [0.25, 0.3) is 0 Å². The normalized spacial score (nSPS) is 10.5. The highest BCUT2D eigenvalue weighted by molar-refractivity contribution is 5.31. The van der Waals surface area contributed by atoms with Crippen LogP contribution in [0.2, 0.25) is 0 Å². The fraction of sp³-hybridized carbons (Fsp3) is 0.200. The predicted octanol–water partition coefficient (Wildman–Crippen LogP) is 3.08. The number of aliphatic hydroxyl groups excluding tert-OH is 1. The Morgan fingerprint density at radius 2 is 1.63 bits per heavy atom. The van der Waals surface area contributed by atoms with Crippen molar-refractivity contribution in [2.45, 2.75) is 13.0 Å². The molecule has 0 atom stereocenters. The van der Waals surface area contributed by atoms with Crippen molar-refractivity contribution >= 4 is 0 Å². The molecule has 0 amide bonds. The molecule has 0 aliphatic carbocycles. The fourth-order valence-electron chi connectivity index (χ4n) is 1.75. The fourth-order valence-corrected chi connectivity index (χ4v) is 1.75. The van der Waals surface area contributed by atoms with E-state index in [2.05, 4.69) is 0 Å². The first kappa shape index (κ1) is 13.5. The van der Waals surface area contributed by atoms with E-state index in [1.165, 1.54) is 0 Å². The van der Waals surface area contributed by atoms with E-state index in [0.717, 1.165) is 17.7 Å². The molecule has 0 bridgehead atoms. The molecule has 0 radical (unpaired) electrons. The van der Waals surface area contributed by atoms with Gasteiger partial charge in [0, 0.05) is 30.7 Å². The third kappa shape index (κ3) is 3.51. The first-order chi connectivity index (χ1) is 9.20. The average molecular weight is 264 g/mol. The standard InChI is InChI=1S/C15H14F2O2/c16-14-8-12(9-15(17)13(14)6-7-18)19-10-11-4-2-1-3-5-11/h1-5,8-9,18H,6-7,10H2. The molecule has 2 nitrogen and oxygen atoms in total. The highest BCUT2D eigenvalue weighted by Crippen LogP contribution is 2.22. The Morgan fingerprint density at radius 3 is 2.21 bits per heavy atom. The van der Waals surface area contributed by atoms with Crippen LogP contribution < -0.4 is 4.74 Å². The van der Waals surface area contributed by atoms with Crippen LogP contribution in [0.4, 0.5) is 8.78 Å². The third-order valence-electron chi connectivity index (χ3n) is 2.72. The summed E-state index contributed by atoms with van der Waals surface area (Å²) in [6.07, 6.45) is -0.0450. The van der Waals surface area contributed by atoms with Gasteiger partial charge in [-0.25, -0.2) is 8.78 Å². The topological polar surface area (TPSA) is 29.5 Å². The van der Waals surface area contributed by atoms with Crippen LogP contribution in [0, 0.1) is 11.6 Å². The molecule has 1 N–H and O–H groups in total. The van der Waals surface area contributed by atoms with E-state index in [0.29, 0.717) is 0 Å². The summed E-state index contributed by atoms with van der Waals surface area (Å²) in [6, 6.07) is 11.6. The maximum Gasteiger partial charge on any atom is 0.133 e. The average Bonchev–Trinajstić information content (AvgIpc) is 2.42. The molecular formula is C15H14F2O2. The van der Waals surface area contributed by atoms with Gasteiger partial charge in [-0.15, -0.1) is 0 Å². The summed E-state index contributed by atoms with van der Waals surface area (Å²) in [5.74, 6) is -1.25. The van der Waals surface area contributed by atoms with Gasteiger partial charge in [-0.2, -0.15) is 0 Å². The van der Waals surface area contributed by atoms with Gasteiger partial charge in [0.2, 0.25) is 0 Å². The molecule has 0 spiro atoms. The summed E-state index contributed by atoms with van der Waals surface area (Å²) < 4.78 is 32.5. The molecule has 0 saturated carbocycles. The lowest BCUT2D eigenvalue weighted by Gasteiger charge is -2.09. The summed E-state index contributed by atoms with van der Waals surface area (Å²) in [4.78, 5) is 0. The largest absolute Gasteiger partial charge is 0.489 e. The van der Waals surface area contributed by atoms with Gasteiger partial charge in [0.05, 0.1) is 0 Å². The van der Waals surface area contributed by atoms with Gasteiger partial charge >= 0.3 is 0 Å². The second-order valence-electron chi connectivity index (χ2n) is 4.11. The van der Waals surface area contributed by atoms with E-state index in [9.17, 15) is 8.78 Å². The second-order valence-corrected chi connectivity index (χ2v) is 4.11. The van der Waals surface area contributed by atoms with Gasteiger partial charge < -0.3 is 9.84 Å². The lowest BCUT2D eigenvalue weighted by atomic mass is 10.1. The van der Waals surface area contributed by atoms with Crippen LogP contribution in [0.1, 0.15) is 11.1 Å². The highest BCUT2D eigenvalue weighted by atomic mass is 19.1. The maximum atomic E-state index is 13.6. The van der Waals surface area contributed by atoms with Crippen molar-refractivity contribution in [3.63, 3.8) is 0 Å². The lowest BCUT2D eigenvalue weighted by Crippen LogP contribution is -2.02. The molecule has 0 heterocycles. The maximum absolute atomic E-state index is 13.6. The first-order valence-electron chi connectivity index (χ1n) is 5.96. The Kier molecular flexibility index (Phi) is 4.47. The van der Waals surface area contributed by atoms with Crippen molar-refractivity contribution in [1.29, 1.82) is 0 Å². The minimum atomic E-state index is -0.697. The molecule has 2 rings (SSSR count). The van der Waals surface area contributed by atoms with Crippen LogP contribution in [0.15, 0.2) is 42.5 Å². The van der Waals surface area contributed by atoms with E-state index in [1.807, 2.05) is 30.3 Å². The molecule has 0 saturated heterocycles. The van der Waals surface area contributed by atoms with Crippen LogP contribution in [-0.4, -0.2) is 11.7 Å². The van der Waals surface area contributed by atoms with Crippen LogP contribution >= 0.6 is 0 Å². The number of hydrogen-bond acceptors (Lipinski definition) is 2. The Labute approximate surface area is 110 Å². The van der Waals surface area contributed by atoms with Crippen molar-refractivity contribution in [1.82, 2.24) is 0 Å². The molecule has 0 aliphatic rings. The summed E-state index contributed by atoms with van der Waals surface area (Å²) in [6.45, 7) is -0.0445. The molecule has 2 aromatic carbocycles. The molecule has 4 heteroatoms. The molecule has 0 fully saturated rings. The van der Waals surface area contributed by atoms with Gasteiger partial charge in [0.25, 0.3) is 0 Å². The minimum absolute atomic E-state index is 0.0450. The van der Waals surface area contributed by atoms with Gasteiger partial charge in [-0.3, -0.25) is 0 Å². The van der Waals surface area contributed by atoms with Crippen molar-refractivity contribution < 1.29 is 18.6 Å². The number of ether oxygens (including phenoxy) is 1. The first-order valence-corrected chi connectivity index (χ1v) is 5.96. The minimum Gasteiger partial charge on any atom is -0.489 e. The lowest BCUT2D eigenvalue weighted by molar-refractivity contribution is 0.291. The number of rotatable bonds is 5. The summed E-state index contributed by atoms with van der Waals surface area (Å²) >= 11 is 0. The van der Waals surface area contributed by atoms with Gasteiger partial charge in [0.1, 0.15) is 24.0 Å². The number of aliphatic hydroxyl groups is 1. The highest BCUT2D eigenvalue weighted by Gasteiger charge is 2.11. The van der Waals surface area contributed by atoms with E-state index in [1.54, 1.807) is 0 Å². The summed E-state index contributed by atoms with van der Waals surface area (Å²) in [5, 5.41) is 8.73. The third-order valence-corrected chi connectivity index (χ3v) is 2.72. The number of halogens is 2. The van der Waals surface area contributed by atoms with E-state index < -0.39 is 11.6 Å². The van der Waals surface area contributed by atoms with Crippen molar-refractivity contribution in [2.75, 3.05) is 6.61 Å². The van der Waals surface area contributed by atoms with Crippen LogP contribution in [-0.2, 0) is 13.0 Å². The van der Waals surface area contributed by atoms with Crippen LogP contribution in [0.3, 0.4) is 0 Å². The van der Waals surface area contributed by atoms with Gasteiger partial charge in [-0.05, 0) is 5.56 Å². The van der Waals surface area contributed by atoms with E-state index >= 15 is 0 Å². The number of benzene rings is 2. The molecule has 0 aromatic heterocycles.